The Labute approximate surface area is 144 Å². The number of fused-ring (bicyclic) bond motifs is 2. The number of aromatic amines is 1. The number of carbonyl (C=O) groups is 1. The molecule has 1 heterocycles. The van der Waals surface area contributed by atoms with Crippen molar-refractivity contribution in [3.05, 3.63) is 18.0 Å². The summed E-state index contributed by atoms with van der Waals surface area (Å²) in [6, 6.07) is 2.24. The fourth-order valence-electron chi connectivity index (χ4n) is 4.01. The first-order valence-corrected chi connectivity index (χ1v) is 7.64. The number of carbonyl (C=O) groups excluding carboxylic acids is 1. The molecule has 3 rings (SSSR count). The molecule has 3 N–H and O–H groups in total. The lowest BCUT2D eigenvalue weighted by molar-refractivity contribution is -0.137. The van der Waals surface area contributed by atoms with Crippen molar-refractivity contribution in [3.8, 4) is 0 Å². The highest BCUT2D eigenvalue weighted by molar-refractivity contribution is 5.85. The Balaban J connectivity index is 0.00000121. The molecule has 2 bridgehead atoms. The second kappa shape index (κ2) is 8.18. The number of nitrogens with zero attached hydrogens (tertiary/aromatic N) is 2. The summed E-state index contributed by atoms with van der Waals surface area (Å²) in [5.74, 6) is 1.54. The van der Waals surface area contributed by atoms with Gasteiger partial charge in [-0.3, -0.25) is 9.89 Å². The van der Waals surface area contributed by atoms with Crippen LogP contribution in [0.2, 0.25) is 0 Å². The Morgan fingerprint density at radius 3 is 2.55 bits per heavy atom. The van der Waals surface area contributed by atoms with Gasteiger partial charge in [0.2, 0.25) is 5.91 Å². The molecule has 0 spiro atoms. The second-order valence-electron chi connectivity index (χ2n) is 6.47. The number of halogens is 2. The molecule has 7 heteroatoms. The largest absolute Gasteiger partial charge is 0.340 e. The van der Waals surface area contributed by atoms with E-state index in [0.29, 0.717) is 24.4 Å². The van der Waals surface area contributed by atoms with Crippen LogP contribution >= 0.6 is 24.8 Å². The molecule has 2 fully saturated rings. The van der Waals surface area contributed by atoms with E-state index in [2.05, 4.69) is 10.2 Å². The smallest absolute Gasteiger partial charge is 0.225 e. The van der Waals surface area contributed by atoms with Gasteiger partial charge in [-0.15, -0.1) is 24.8 Å². The van der Waals surface area contributed by atoms with Crippen LogP contribution < -0.4 is 5.73 Å². The predicted molar refractivity (Wildman–Crippen MR) is 91.1 cm³/mol. The summed E-state index contributed by atoms with van der Waals surface area (Å²) in [5.41, 5.74) is 7.27. The maximum atomic E-state index is 12.6. The predicted octanol–water partition coefficient (Wildman–Crippen LogP) is 2.37. The SMILES string of the molecule is CN(Cc1ccn[nH]1)C(=O)C1CC2CCCC(C1)C2N.Cl.Cl. The number of H-pyrrole nitrogens is 1. The fraction of sp³-hybridized carbons (Fsp3) is 0.733. The van der Waals surface area contributed by atoms with Crippen molar-refractivity contribution in [2.45, 2.75) is 44.7 Å². The summed E-state index contributed by atoms with van der Waals surface area (Å²) in [5, 5.41) is 6.83. The normalized spacial score (nSPS) is 29.9. The molecule has 2 aliphatic carbocycles. The van der Waals surface area contributed by atoms with Gasteiger partial charge >= 0.3 is 0 Å². The van der Waals surface area contributed by atoms with Crippen LogP contribution in [0.4, 0.5) is 0 Å². The van der Waals surface area contributed by atoms with Crippen LogP contribution in [0, 0.1) is 17.8 Å². The Bertz CT molecular complexity index is 454. The second-order valence-corrected chi connectivity index (χ2v) is 6.47. The van der Waals surface area contributed by atoms with Gasteiger partial charge in [0, 0.05) is 25.2 Å². The number of nitrogens with one attached hydrogen (secondary N) is 1. The van der Waals surface area contributed by atoms with Crippen LogP contribution in [0.25, 0.3) is 0 Å². The zero-order valence-electron chi connectivity index (χ0n) is 12.9. The van der Waals surface area contributed by atoms with Crippen molar-refractivity contribution in [1.82, 2.24) is 15.1 Å². The molecule has 22 heavy (non-hydrogen) atoms. The average molecular weight is 349 g/mol. The third-order valence-electron chi connectivity index (χ3n) is 5.10. The molecule has 0 saturated heterocycles. The van der Waals surface area contributed by atoms with Gasteiger partial charge in [0.15, 0.2) is 0 Å². The van der Waals surface area contributed by atoms with E-state index in [0.717, 1.165) is 18.5 Å². The summed E-state index contributed by atoms with van der Waals surface area (Å²) < 4.78 is 0. The van der Waals surface area contributed by atoms with Crippen LogP contribution in [-0.2, 0) is 11.3 Å². The van der Waals surface area contributed by atoms with Gasteiger partial charge in [0.05, 0.1) is 12.2 Å². The highest BCUT2D eigenvalue weighted by atomic mass is 35.5. The molecule has 2 aliphatic rings. The third-order valence-corrected chi connectivity index (χ3v) is 5.10. The summed E-state index contributed by atoms with van der Waals surface area (Å²) in [4.78, 5) is 14.4. The van der Waals surface area contributed by atoms with E-state index in [1.54, 1.807) is 6.20 Å². The molecule has 5 nitrogen and oxygen atoms in total. The Hall–Kier alpha value is -0.780. The average Bonchev–Trinajstić information content (AvgIpc) is 2.90. The zero-order chi connectivity index (χ0) is 14.1. The summed E-state index contributed by atoms with van der Waals surface area (Å²) in [7, 11) is 1.88. The van der Waals surface area contributed by atoms with Crippen molar-refractivity contribution < 1.29 is 4.79 Å². The first-order valence-electron chi connectivity index (χ1n) is 7.64. The van der Waals surface area contributed by atoms with E-state index in [9.17, 15) is 4.79 Å². The summed E-state index contributed by atoms with van der Waals surface area (Å²) in [6.07, 6.45) is 7.36. The van der Waals surface area contributed by atoms with E-state index in [1.165, 1.54) is 19.3 Å². The highest BCUT2D eigenvalue weighted by Crippen LogP contribution is 2.42. The van der Waals surface area contributed by atoms with Crippen molar-refractivity contribution >= 4 is 30.7 Å². The third kappa shape index (κ3) is 3.94. The van der Waals surface area contributed by atoms with Crippen molar-refractivity contribution in [1.29, 1.82) is 0 Å². The number of hydrogen-bond donors (Lipinski definition) is 2. The Morgan fingerprint density at radius 1 is 1.36 bits per heavy atom. The van der Waals surface area contributed by atoms with Gasteiger partial charge in [-0.05, 0) is 43.6 Å². The van der Waals surface area contributed by atoms with E-state index in [-0.39, 0.29) is 36.6 Å². The fourth-order valence-corrected chi connectivity index (χ4v) is 4.01. The summed E-state index contributed by atoms with van der Waals surface area (Å²) >= 11 is 0. The molecule has 0 radical (unpaired) electrons. The number of nitrogens with two attached hydrogens (primary N) is 1. The van der Waals surface area contributed by atoms with E-state index in [4.69, 9.17) is 5.73 Å². The molecular formula is C15H26Cl2N4O. The lowest BCUT2D eigenvalue weighted by Gasteiger charge is -2.44. The molecule has 1 aromatic heterocycles. The van der Waals surface area contributed by atoms with Gasteiger partial charge in [0.25, 0.3) is 0 Å². The number of rotatable bonds is 3. The first-order chi connectivity index (χ1) is 9.65. The van der Waals surface area contributed by atoms with Crippen molar-refractivity contribution in [2.75, 3.05) is 7.05 Å². The van der Waals surface area contributed by atoms with Gasteiger partial charge in [-0.2, -0.15) is 5.10 Å². The highest BCUT2D eigenvalue weighted by Gasteiger charge is 2.41. The topological polar surface area (TPSA) is 75.0 Å². The van der Waals surface area contributed by atoms with Crippen LogP contribution in [0.5, 0.6) is 0 Å². The van der Waals surface area contributed by atoms with Crippen molar-refractivity contribution in [3.63, 3.8) is 0 Å². The molecule has 2 atom stereocenters. The van der Waals surface area contributed by atoms with Crippen LogP contribution in [-0.4, -0.2) is 34.1 Å². The number of hydrogen-bond acceptors (Lipinski definition) is 3. The van der Waals surface area contributed by atoms with Gasteiger partial charge in [-0.25, -0.2) is 0 Å². The quantitative estimate of drug-likeness (QED) is 0.880. The van der Waals surface area contributed by atoms with E-state index < -0.39 is 0 Å². The summed E-state index contributed by atoms with van der Waals surface area (Å²) in [6.45, 7) is 0.608. The molecule has 0 aromatic carbocycles. The minimum absolute atomic E-state index is 0. The molecule has 2 unspecified atom stereocenters. The minimum atomic E-state index is 0. The minimum Gasteiger partial charge on any atom is -0.340 e. The van der Waals surface area contributed by atoms with Crippen LogP contribution in [0.1, 0.15) is 37.8 Å². The molecule has 126 valence electrons. The molecule has 2 saturated carbocycles. The maximum absolute atomic E-state index is 12.6. The number of amides is 1. The van der Waals surface area contributed by atoms with E-state index >= 15 is 0 Å². The molecule has 1 amide bonds. The van der Waals surface area contributed by atoms with Gasteiger partial charge < -0.3 is 10.6 Å². The Kier molecular flexibility index (Phi) is 7.16. The lowest BCUT2D eigenvalue weighted by Crippen LogP contribution is -2.49. The van der Waals surface area contributed by atoms with E-state index in [1.807, 2.05) is 18.0 Å². The Morgan fingerprint density at radius 2 is 2.00 bits per heavy atom. The first kappa shape index (κ1) is 19.3. The van der Waals surface area contributed by atoms with Gasteiger partial charge in [0.1, 0.15) is 0 Å². The molecule has 1 aromatic rings. The standard InChI is InChI=1S/C15H24N4O.2ClH/c1-19(9-13-5-6-17-18-13)15(20)12-7-10-3-2-4-11(8-12)14(10)16;;/h5-6,10-12,14H,2-4,7-9,16H2,1H3,(H,17,18);2*1H. The van der Waals surface area contributed by atoms with Crippen LogP contribution in [0.15, 0.2) is 12.3 Å². The van der Waals surface area contributed by atoms with Gasteiger partial charge in [-0.1, -0.05) is 6.42 Å². The van der Waals surface area contributed by atoms with Crippen molar-refractivity contribution in [2.24, 2.45) is 23.5 Å². The van der Waals surface area contributed by atoms with Crippen LogP contribution in [0.3, 0.4) is 0 Å². The molecule has 0 aliphatic heterocycles. The molecular weight excluding hydrogens is 323 g/mol. The lowest BCUT2D eigenvalue weighted by atomic mass is 9.65. The monoisotopic (exact) mass is 348 g/mol. The zero-order valence-corrected chi connectivity index (χ0v) is 14.5. The maximum Gasteiger partial charge on any atom is 0.225 e. The number of aromatic nitrogens is 2.